The number of anilines is 1. The number of fused-ring (bicyclic) bond motifs is 3. The molecule has 0 bridgehead atoms. The second-order valence-corrected chi connectivity index (χ2v) is 11.2. The molecule has 2 aliphatic rings. The van der Waals surface area contributed by atoms with Gasteiger partial charge in [-0.2, -0.15) is 0 Å². The molecule has 0 unspecified atom stereocenters. The first kappa shape index (κ1) is 27.0. The fourth-order valence-electron chi connectivity index (χ4n) is 5.25. The minimum atomic E-state index is -0.714. The number of hydrogen-bond donors (Lipinski definition) is 0. The van der Waals surface area contributed by atoms with E-state index >= 15 is 0 Å². The van der Waals surface area contributed by atoms with Gasteiger partial charge < -0.3 is 18.8 Å². The molecule has 0 atom stereocenters. The Morgan fingerprint density at radius 2 is 1.46 bits per heavy atom. The molecule has 0 aromatic heterocycles. The van der Waals surface area contributed by atoms with Crippen molar-refractivity contribution in [1.29, 1.82) is 0 Å². The molecule has 39 heavy (non-hydrogen) atoms. The van der Waals surface area contributed by atoms with Crippen molar-refractivity contribution in [2.24, 2.45) is 0 Å². The van der Waals surface area contributed by atoms with Gasteiger partial charge in [-0.05, 0) is 80.0 Å². The largest absolute Gasteiger partial charge is 0.495 e. The Morgan fingerprint density at radius 3 is 2.00 bits per heavy atom. The molecule has 8 heteroatoms. The molecule has 1 heterocycles. The maximum Gasteiger partial charge on any atom is 0.495 e. The fraction of sp³-hybridized carbons (Fsp3) is 0.355. The molecule has 1 aliphatic carbocycles. The van der Waals surface area contributed by atoms with Crippen molar-refractivity contribution >= 4 is 30.3 Å². The van der Waals surface area contributed by atoms with Crippen LogP contribution in [0.5, 0.6) is 0 Å². The van der Waals surface area contributed by atoms with Crippen LogP contribution in [0.3, 0.4) is 0 Å². The average molecular weight is 527 g/mol. The van der Waals surface area contributed by atoms with Crippen LogP contribution in [0.15, 0.2) is 60.7 Å². The average Bonchev–Trinajstić information content (AvgIpc) is 3.35. The van der Waals surface area contributed by atoms with E-state index in [0.29, 0.717) is 22.3 Å². The Balaban J connectivity index is 1.42. The molecule has 1 fully saturated rings. The minimum Gasteiger partial charge on any atom is -0.465 e. The monoisotopic (exact) mass is 527 g/mol. The second-order valence-electron chi connectivity index (χ2n) is 11.2. The van der Waals surface area contributed by atoms with E-state index in [2.05, 4.69) is 24.3 Å². The molecule has 0 radical (unpaired) electrons. The maximum atomic E-state index is 13.3. The lowest BCUT2D eigenvalue weighted by Crippen LogP contribution is -2.41. The number of amides is 1. The first-order chi connectivity index (χ1) is 18.4. The maximum absolute atomic E-state index is 13.3. The van der Waals surface area contributed by atoms with Crippen molar-refractivity contribution in [1.82, 2.24) is 0 Å². The van der Waals surface area contributed by atoms with Gasteiger partial charge in [0.05, 0.1) is 23.9 Å². The van der Waals surface area contributed by atoms with E-state index in [4.69, 9.17) is 18.8 Å². The van der Waals surface area contributed by atoms with Crippen molar-refractivity contribution in [2.75, 3.05) is 25.7 Å². The van der Waals surface area contributed by atoms with Gasteiger partial charge in [-0.3, -0.25) is 4.90 Å². The van der Waals surface area contributed by atoms with E-state index in [1.54, 1.807) is 13.1 Å². The van der Waals surface area contributed by atoms with Gasteiger partial charge in [0, 0.05) is 18.7 Å². The summed E-state index contributed by atoms with van der Waals surface area (Å²) in [5.74, 6) is -0.563. The van der Waals surface area contributed by atoms with Gasteiger partial charge in [0.2, 0.25) is 0 Å². The molecule has 5 rings (SSSR count). The topological polar surface area (TPSA) is 74.3 Å². The van der Waals surface area contributed by atoms with E-state index in [-0.39, 0.29) is 12.5 Å². The van der Waals surface area contributed by atoms with Crippen molar-refractivity contribution in [3.05, 3.63) is 82.9 Å². The van der Waals surface area contributed by atoms with Crippen LogP contribution in [0.4, 0.5) is 10.5 Å². The normalized spacial score (nSPS) is 16.9. The lowest BCUT2D eigenvalue weighted by molar-refractivity contribution is 0.00578. The molecule has 0 spiro atoms. The number of esters is 1. The molecule has 7 nitrogen and oxygen atoms in total. The van der Waals surface area contributed by atoms with Crippen molar-refractivity contribution in [3.63, 3.8) is 0 Å². The van der Waals surface area contributed by atoms with E-state index in [1.165, 1.54) is 12.0 Å². The van der Waals surface area contributed by atoms with Gasteiger partial charge in [0.15, 0.2) is 0 Å². The van der Waals surface area contributed by atoms with Gasteiger partial charge in [-0.15, -0.1) is 0 Å². The number of methoxy groups -OCH3 is 1. The summed E-state index contributed by atoms with van der Waals surface area (Å²) in [5, 5.41) is 0. The molecule has 1 saturated heterocycles. The van der Waals surface area contributed by atoms with E-state index in [9.17, 15) is 9.59 Å². The molecule has 1 aliphatic heterocycles. The molecule has 0 N–H and O–H groups in total. The van der Waals surface area contributed by atoms with Crippen LogP contribution >= 0.6 is 0 Å². The highest BCUT2D eigenvalue weighted by Gasteiger charge is 2.52. The van der Waals surface area contributed by atoms with Crippen molar-refractivity contribution in [2.45, 2.75) is 51.7 Å². The molecule has 0 saturated carbocycles. The summed E-state index contributed by atoms with van der Waals surface area (Å²) >= 11 is 0. The minimum absolute atomic E-state index is 0.0567. The highest BCUT2D eigenvalue weighted by atomic mass is 16.7. The first-order valence-electron chi connectivity index (χ1n) is 13.1. The molecule has 1 amide bonds. The third-order valence-electron chi connectivity index (χ3n) is 8.34. The first-order valence-corrected chi connectivity index (χ1v) is 13.1. The predicted octanol–water partition coefficient (Wildman–Crippen LogP) is 5.47. The number of hydrogen-bond acceptors (Lipinski definition) is 6. The SMILES string of the molecule is COC(=O)c1cc(N(C)C(=O)OCC2c3ccccc3-c3ccccc32)cc(B2OC(C)(C)C(C)(C)O2)c1C. The van der Waals surface area contributed by atoms with Gasteiger partial charge in [0.25, 0.3) is 0 Å². The van der Waals surface area contributed by atoms with Gasteiger partial charge in [-0.1, -0.05) is 48.5 Å². The van der Waals surface area contributed by atoms with Crippen LogP contribution in [0.25, 0.3) is 11.1 Å². The third kappa shape index (κ3) is 4.62. The molecule has 3 aromatic rings. The van der Waals surface area contributed by atoms with Gasteiger partial charge in [-0.25, -0.2) is 9.59 Å². The summed E-state index contributed by atoms with van der Waals surface area (Å²) < 4.78 is 23.4. The van der Waals surface area contributed by atoms with Crippen LogP contribution in [-0.4, -0.2) is 51.1 Å². The van der Waals surface area contributed by atoms with Crippen LogP contribution in [0, 0.1) is 6.92 Å². The lowest BCUT2D eigenvalue weighted by Gasteiger charge is -2.32. The van der Waals surface area contributed by atoms with Crippen molar-refractivity contribution in [3.8, 4) is 11.1 Å². The van der Waals surface area contributed by atoms with Crippen LogP contribution in [0.1, 0.15) is 60.7 Å². The molecule has 202 valence electrons. The van der Waals surface area contributed by atoms with E-state index < -0.39 is 30.4 Å². The lowest BCUT2D eigenvalue weighted by atomic mass is 9.74. The quantitative estimate of drug-likeness (QED) is 0.324. The fourth-order valence-corrected chi connectivity index (χ4v) is 5.25. The number of benzene rings is 3. The Labute approximate surface area is 230 Å². The number of carbonyl (C=O) groups is 2. The summed E-state index contributed by atoms with van der Waals surface area (Å²) in [6, 6.07) is 19.8. The van der Waals surface area contributed by atoms with Gasteiger partial charge >= 0.3 is 19.2 Å². The molecular formula is C31H34BNO6. The zero-order valence-electron chi connectivity index (χ0n) is 23.5. The van der Waals surface area contributed by atoms with Crippen LogP contribution in [-0.2, 0) is 18.8 Å². The van der Waals surface area contributed by atoms with Gasteiger partial charge in [0.1, 0.15) is 6.61 Å². The predicted molar refractivity (Wildman–Crippen MR) is 152 cm³/mol. The van der Waals surface area contributed by atoms with Crippen LogP contribution < -0.4 is 10.4 Å². The smallest absolute Gasteiger partial charge is 0.465 e. The van der Waals surface area contributed by atoms with Crippen LogP contribution in [0.2, 0.25) is 0 Å². The van der Waals surface area contributed by atoms with E-state index in [1.807, 2.05) is 65.0 Å². The number of carbonyl (C=O) groups excluding carboxylic acids is 2. The summed E-state index contributed by atoms with van der Waals surface area (Å²) in [4.78, 5) is 27.4. The second kappa shape index (κ2) is 9.85. The zero-order chi connectivity index (χ0) is 28.1. The highest BCUT2D eigenvalue weighted by Crippen LogP contribution is 2.44. The third-order valence-corrected chi connectivity index (χ3v) is 8.34. The highest BCUT2D eigenvalue weighted by molar-refractivity contribution is 6.63. The summed E-state index contributed by atoms with van der Waals surface area (Å²) in [6.07, 6.45) is -0.531. The van der Waals surface area contributed by atoms with Crippen molar-refractivity contribution < 1.29 is 28.4 Å². The summed E-state index contributed by atoms with van der Waals surface area (Å²) in [7, 11) is 2.24. The summed E-state index contributed by atoms with van der Waals surface area (Å²) in [5.41, 5.74) is 5.61. The number of nitrogens with zero attached hydrogens (tertiary/aromatic N) is 1. The number of ether oxygens (including phenoxy) is 2. The standard InChI is InChI=1S/C31H34BNO6/c1-19-25(28(34)36-7)16-20(17-27(19)32-38-30(2,3)31(4,5)39-32)33(6)29(35)37-18-26-23-14-10-8-12-21(23)22-13-9-11-15-24(22)26/h8-17,26H,18H2,1-7H3. The Morgan fingerprint density at radius 1 is 0.923 bits per heavy atom. The zero-order valence-corrected chi connectivity index (χ0v) is 23.5. The molecule has 3 aromatic carbocycles. The molecular weight excluding hydrogens is 493 g/mol. The van der Waals surface area contributed by atoms with E-state index in [0.717, 1.165) is 22.3 Å². The Bertz CT molecular complexity index is 1390. The Hall–Kier alpha value is -3.62. The summed E-state index contributed by atoms with van der Waals surface area (Å²) in [6.45, 7) is 9.89. The number of rotatable bonds is 5. The Kier molecular flexibility index (Phi) is 6.81.